The van der Waals surface area contributed by atoms with Gasteiger partial charge in [-0.25, -0.2) is 0 Å². The first-order valence-corrected chi connectivity index (χ1v) is 11.8. The number of nitriles is 1. The molecule has 1 aromatic heterocycles. The molecule has 4 N–H and O–H groups in total. The van der Waals surface area contributed by atoms with Crippen LogP contribution >= 0.6 is 0 Å². The second kappa shape index (κ2) is 10.3. The predicted octanol–water partition coefficient (Wildman–Crippen LogP) is 2.20. The fourth-order valence-corrected chi connectivity index (χ4v) is 4.67. The quantitative estimate of drug-likeness (QED) is 0.395. The molecule has 0 bridgehead atoms. The SMILES string of the molecule is COc1cccc2[nH]c(C(=O)NC(CC3CC3)C(=O)NC(CC3CCCC3=O)C(O)C#N)cc12. The molecule has 1 heterocycles. The number of hydrogen-bond acceptors (Lipinski definition) is 6. The fourth-order valence-electron chi connectivity index (χ4n) is 4.67. The van der Waals surface area contributed by atoms with Gasteiger partial charge in [-0.2, -0.15) is 5.26 Å². The number of aliphatic hydroxyl groups excluding tert-OH is 1. The Morgan fingerprint density at radius 2 is 2.06 bits per heavy atom. The number of fused-ring (bicyclic) bond motifs is 1. The summed E-state index contributed by atoms with van der Waals surface area (Å²) in [6.45, 7) is 0. The topological polar surface area (TPSA) is 144 Å². The Hall–Kier alpha value is -3.38. The summed E-state index contributed by atoms with van der Waals surface area (Å²) in [5, 5.41) is 25.7. The summed E-state index contributed by atoms with van der Waals surface area (Å²) < 4.78 is 5.35. The van der Waals surface area contributed by atoms with Gasteiger partial charge in [0, 0.05) is 23.2 Å². The van der Waals surface area contributed by atoms with Crippen LogP contribution in [0.4, 0.5) is 0 Å². The van der Waals surface area contributed by atoms with Gasteiger partial charge in [-0.05, 0) is 49.8 Å². The molecule has 1 aromatic carbocycles. The number of benzene rings is 1. The molecule has 34 heavy (non-hydrogen) atoms. The molecule has 0 radical (unpaired) electrons. The Morgan fingerprint density at radius 1 is 1.26 bits per heavy atom. The Bertz CT molecular complexity index is 1120. The van der Waals surface area contributed by atoms with Crippen LogP contribution in [-0.4, -0.2) is 53.0 Å². The number of methoxy groups -OCH3 is 1. The molecule has 0 spiro atoms. The molecule has 4 rings (SSSR count). The van der Waals surface area contributed by atoms with Crippen molar-refractivity contribution in [1.29, 1.82) is 5.26 Å². The van der Waals surface area contributed by atoms with Crippen LogP contribution in [0.25, 0.3) is 10.9 Å². The van der Waals surface area contributed by atoms with Crippen LogP contribution in [0, 0.1) is 23.2 Å². The fraction of sp³-hybridized carbons (Fsp3) is 0.520. The zero-order valence-corrected chi connectivity index (χ0v) is 19.2. The van der Waals surface area contributed by atoms with E-state index in [9.17, 15) is 24.8 Å². The summed E-state index contributed by atoms with van der Waals surface area (Å²) in [5.74, 6) is -0.0851. The van der Waals surface area contributed by atoms with Crippen molar-refractivity contribution in [2.75, 3.05) is 7.11 Å². The Kier molecular flexibility index (Phi) is 7.17. The summed E-state index contributed by atoms with van der Waals surface area (Å²) in [5.41, 5.74) is 1.05. The van der Waals surface area contributed by atoms with Gasteiger partial charge in [0.05, 0.1) is 19.2 Å². The van der Waals surface area contributed by atoms with Gasteiger partial charge in [0.2, 0.25) is 5.91 Å². The van der Waals surface area contributed by atoms with Crippen LogP contribution in [-0.2, 0) is 9.59 Å². The van der Waals surface area contributed by atoms with Crippen LogP contribution in [0.1, 0.15) is 55.4 Å². The first-order chi connectivity index (χ1) is 16.4. The van der Waals surface area contributed by atoms with Crippen molar-refractivity contribution in [2.45, 2.75) is 63.1 Å². The van der Waals surface area contributed by atoms with Gasteiger partial charge in [-0.15, -0.1) is 0 Å². The molecule has 2 fully saturated rings. The average Bonchev–Trinajstić information content (AvgIpc) is 3.39. The zero-order chi connectivity index (χ0) is 24.2. The number of nitrogens with zero attached hydrogens (tertiary/aromatic N) is 1. The number of hydrogen-bond donors (Lipinski definition) is 4. The maximum Gasteiger partial charge on any atom is 0.268 e. The Balaban J connectivity index is 1.48. The lowest BCUT2D eigenvalue weighted by Gasteiger charge is -2.26. The number of ether oxygens (including phenoxy) is 1. The third-order valence-corrected chi connectivity index (χ3v) is 6.79. The molecule has 0 aliphatic heterocycles. The van der Waals surface area contributed by atoms with E-state index in [0.29, 0.717) is 36.6 Å². The Labute approximate surface area is 197 Å². The zero-order valence-electron chi connectivity index (χ0n) is 19.2. The first-order valence-electron chi connectivity index (χ1n) is 11.8. The first kappa shape index (κ1) is 23.8. The highest BCUT2D eigenvalue weighted by Crippen LogP contribution is 2.34. The monoisotopic (exact) mass is 466 g/mol. The molecule has 2 saturated carbocycles. The van der Waals surface area contributed by atoms with Gasteiger partial charge in [0.1, 0.15) is 23.3 Å². The third-order valence-electron chi connectivity index (χ3n) is 6.79. The van der Waals surface area contributed by atoms with Crippen molar-refractivity contribution in [2.24, 2.45) is 11.8 Å². The molecular formula is C25H30N4O5. The molecule has 9 nitrogen and oxygen atoms in total. The largest absolute Gasteiger partial charge is 0.496 e. The van der Waals surface area contributed by atoms with Crippen LogP contribution in [0.3, 0.4) is 0 Å². The maximum atomic E-state index is 13.2. The lowest BCUT2D eigenvalue weighted by molar-refractivity contribution is -0.126. The van der Waals surface area contributed by atoms with Crippen molar-refractivity contribution in [3.8, 4) is 11.8 Å². The van der Waals surface area contributed by atoms with Crippen LogP contribution in [0.15, 0.2) is 24.3 Å². The molecule has 9 heteroatoms. The van der Waals surface area contributed by atoms with Gasteiger partial charge < -0.3 is 25.5 Å². The minimum atomic E-state index is -1.43. The van der Waals surface area contributed by atoms with E-state index in [2.05, 4.69) is 15.6 Å². The van der Waals surface area contributed by atoms with Gasteiger partial charge in [0.15, 0.2) is 6.10 Å². The van der Waals surface area contributed by atoms with E-state index in [1.807, 2.05) is 12.1 Å². The standard InChI is InChI=1S/C25H30N4O5/c1-34-23-7-3-5-17-16(23)12-20(27-17)25(33)29-19(10-14-8-9-14)24(32)28-18(22(31)13-26)11-15-4-2-6-21(15)30/h3,5,7,12,14-15,18-19,22,27,31H,2,4,6,8-11H2,1H3,(H,28,32)(H,29,33). The number of rotatable bonds is 10. The van der Waals surface area contributed by atoms with Crippen LogP contribution in [0.2, 0.25) is 0 Å². The van der Waals surface area contributed by atoms with E-state index in [-0.39, 0.29) is 18.1 Å². The van der Waals surface area contributed by atoms with Crippen molar-refractivity contribution in [1.82, 2.24) is 15.6 Å². The molecule has 4 unspecified atom stereocenters. The number of aliphatic hydroxyl groups is 1. The van der Waals surface area contributed by atoms with E-state index >= 15 is 0 Å². The average molecular weight is 467 g/mol. The molecule has 2 amide bonds. The summed E-state index contributed by atoms with van der Waals surface area (Å²) in [4.78, 5) is 41.3. The highest BCUT2D eigenvalue weighted by Gasteiger charge is 2.35. The second-order valence-corrected chi connectivity index (χ2v) is 9.29. The number of nitrogens with one attached hydrogen (secondary N) is 3. The molecule has 2 aromatic rings. The van der Waals surface area contributed by atoms with E-state index in [1.165, 1.54) is 0 Å². The van der Waals surface area contributed by atoms with E-state index in [0.717, 1.165) is 30.2 Å². The molecule has 2 aliphatic carbocycles. The maximum absolute atomic E-state index is 13.2. The summed E-state index contributed by atoms with van der Waals surface area (Å²) >= 11 is 0. The van der Waals surface area contributed by atoms with Crippen molar-refractivity contribution in [3.05, 3.63) is 30.0 Å². The highest BCUT2D eigenvalue weighted by atomic mass is 16.5. The van der Waals surface area contributed by atoms with Gasteiger partial charge in [0.25, 0.3) is 5.91 Å². The molecular weight excluding hydrogens is 436 g/mol. The van der Waals surface area contributed by atoms with Crippen LogP contribution in [0.5, 0.6) is 5.75 Å². The van der Waals surface area contributed by atoms with Gasteiger partial charge >= 0.3 is 0 Å². The molecule has 0 saturated heterocycles. The van der Waals surface area contributed by atoms with Crippen LogP contribution < -0.4 is 15.4 Å². The lowest BCUT2D eigenvalue weighted by atomic mass is 9.94. The van der Waals surface area contributed by atoms with Crippen molar-refractivity contribution >= 4 is 28.5 Å². The number of aromatic nitrogens is 1. The highest BCUT2D eigenvalue weighted by molar-refractivity contribution is 6.01. The van der Waals surface area contributed by atoms with Gasteiger partial charge in [-0.3, -0.25) is 14.4 Å². The number of carbonyl (C=O) groups is 3. The predicted molar refractivity (Wildman–Crippen MR) is 124 cm³/mol. The normalized spacial score (nSPS) is 20.4. The molecule has 4 atom stereocenters. The number of ketones is 1. The van der Waals surface area contributed by atoms with Crippen molar-refractivity contribution in [3.63, 3.8) is 0 Å². The number of H-pyrrole nitrogens is 1. The summed E-state index contributed by atoms with van der Waals surface area (Å²) in [6.07, 6.45) is 3.19. The molecule has 2 aliphatic rings. The minimum absolute atomic E-state index is 0.0986. The number of carbonyl (C=O) groups excluding carboxylic acids is 3. The summed E-state index contributed by atoms with van der Waals surface area (Å²) in [6, 6.07) is 7.21. The van der Waals surface area contributed by atoms with Crippen molar-refractivity contribution < 1.29 is 24.2 Å². The van der Waals surface area contributed by atoms with E-state index < -0.39 is 30.0 Å². The Morgan fingerprint density at radius 3 is 2.71 bits per heavy atom. The summed E-state index contributed by atoms with van der Waals surface area (Å²) in [7, 11) is 1.56. The lowest BCUT2D eigenvalue weighted by Crippen LogP contribution is -2.53. The minimum Gasteiger partial charge on any atom is -0.496 e. The second-order valence-electron chi connectivity index (χ2n) is 9.29. The van der Waals surface area contributed by atoms with E-state index in [1.54, 1.807) is 25.3 Å². The van der Waals surface area contributed by atoms with Gasteiger partial charge in [-0.1, -0.05) is 18.9 Å². The smallest absolute Gasteiger partial charge is 0.268 e. The number of amides is 2. The number of Topliss-reactive ketones (excluding diaryl/α,β-unsaturated/α-hetero) is 1. The van der Waals surface area contributed by atoms with E-state index in [4.69, 9.17) is 4.74 Å². The number of aromatic amines is 1. The third kappa shape index (κ3) is 5.39. The molecule has 180 valence electrons.